The van der Waals surface area contributed by atoms with Gasteiger partial charge in [0.1, 0.15) is 0 Å². The summed E-state index contributed by atoms with van der Waals surface area (Å²) in [6.45, 7) is 0. The first-order chi connectivity index (χ1) is 9.81. The van der Waals surface area contributed by atoms with Gasteiger partial charge in [0.2, 0.25) is 0 Å². The molecular weight excluding hydrogens is 302 g/mol. The lowest BCUT2D eigenvalue weighted by molar-refractivity contribution is 0.0982. The molecule has 5 nitrogen and oxygen atoms in total. The quantitative estimate of drug-likeness (QED) is 0.844. The van der Waals surface area contributed by atoms with E-state index in [-0.39, 0.29) is 11.3 Å². The largest absolute Gasteiger partial charge is 0.398 e. The summed E-state index contributed by atoms with van der Waals surface area (Å²) in [7, 11) is -4.33. The van der Waals surface area contributed by atoms with Gasteiger partial charge in [0.25, 0.3) is 15.9 Å². The second kappa shape index (κ2) is 5.49. The predicted octanol–water partition coefficient (Wildman–Crippen LogP) is 1.67. The van der Waals surface area contributed by atoms with Crippen LogP contribution in [0.4, 0.5) is 14.5 Å². The van der Waals surface area contributed by atoms with E-state index in [0.29, 0.717) is 12.1 Å². The number of benzene rings is 2. The van der Waals surface area contributed by atoms with Crippen molar-refractivity contribution >= 4 is 21.6 Å². The molecule has 0 spiro atoms. The average Bonchev–Trinajstić information content (AvgIpc) is 2.41. The highest BCUT2D eigenvalue weighted by Gasteiger charge is 2.21. The van der Waals surface area contributed by atoms with E-state index in [0.717, 1.165) is 6.07 Å². The molecule has 1 amide bonds. The summed E-state index contributed by atoms with van der Waals surface area (Å²) >= 11 is 0. The minimum Gasteiger partial charge on any atom is -0.398 e. The molecule has 0 aliphatic carbocycles. The highest BCUT2D eigenvalue weighted by Crippen LogP contribution is 2.15. The van der Waals surface area contributed by atoms with Crippen LogP contribution in [0.1, 0.15) is 10.4 Å². The number of nitrogen functional groups attached to an aromatic ring is 1. The van der Waals surface area contributed by atoms with Crippen molar-refractivity contribution in [3.63, 3.8) is 0 Å². The summed E-state index contributed by atoms with van der Waals surface area (Å²) in [6.07, 6.45) is 0. The zero-order chi connectivity index (χ0) is 15.6. The van der Waals surface area contributed by atoms with E-state index in [1.54, 1.807) is 10.8 Å². The number of anilines is 1. The molecule has 0 aliphatic rings. The molecule has 0 unspecified atom stereocenters. The first-order valence-electron chi connectivity index (χ1n) is 5.68. The van der Waals surface area contributed by atoms with E-state index in [9.17, 15) is 22.0 Å². The molecule has 0 atom stereocenters. The number of nitrogens with one attached hydrogen (secondary N) is 1. The second-order valence-electron chi connectivity index (χ2n) is 4.10. The van der Waals surface area contributed by atoms with Crippen LogP contribution in [0.2, 0.25) is 0 Å². The van der Waals surface area contributed by atoms with Crippen molar-refractivity contribution in [3.8, 4) is 0 Å². The summed E-state index contributed by atoms with van der Waals surface area (Å²) in [5, 5.41) is 0. The Labute approximate surface area is 119 Å². The first-order valence-corrected chi connectivity index (χ1v) is 7.16. The summed E-state index contributed by atoms with van der Waals surface area (Å²) in [5.41, 5.74) is 5.61. The van der Waals surface area contributed by atoms with Gasteiger partial charge in [0.15, 0.2) is 11.6 Å². The van der Waals surface area contributed by atoms with Crippen molar-refractivity contribution in [2.45, 2.75) is 4.90 Å². The number of para-hydroxylation sites is 1. The lowest BCUT2D eigenvalue weighted by atomic mass is 10.2. The minimum atomic E-state index is -4.33. The van der Waals surface area contributed by atoms with E-state index in [4.69, 9.17) is 5.73 Å². The number of halogens is 2. The monoisotopic (exact) mass is 312 g/mol. The van der Waals surface area contributed by atoms with Crippen LogP contribution < -0.4 is 10.5 Å². The summed E-state index contributed by atoms with van der Waals surface area (Å²) in [6, 6.07) is 7.85. The molecule has 2 aromatic rings. The maximum absolute atomic E-state index is 13.1. The Morgan fingerprint density at radius 1 is 1.05 bits per heavy atom. The average molecular weight is 312 g/mol. The van der Waals surface area contributed by atoms with Gasteiger partial charge in [-0.15, -0.1) is 0 Å². The fourth-order valence-electron chi connectivity index (χ4n) is 1.58. The van der Waals surface area contributed by atoms with E-state index >= 15 is 0 Å². The van der Waals surface area contributed by atoms with Crippen LogP contribution in [-0.4, -0.2) is 14.3 Å². The van der Waals surface area contributed by atoms with Crippen LogP contribution in [-0.2, 0) is 10.0 Å². The van der Waals surface area contributed by atoms with Crippen LogP contribution in [0.15, 0.2) is 47.4 Å². The molecule has 2 aromatic carbocycles. The topological polar surface area (TPSA) is 89.3 Å². The lowest BCUT2D eigenvalue weighted by Gasteiger charge is -2.08. The molecule has 0 saturated heterocycles. The van der Waals surface area contributed by atoms with Crippen LogP contribution in [0.5, 0.6) is 0 Å². The smallest absolute Gasteiger partial charge is 0.267 e. The molecule has 110 valence electrons. The molecule has 0 aromatic heterocycles. The van der Waals surface area contributed by atoms with Crippen LogP contribution >= 0.6 is 0 Å². The normalized spacial score (nSPS) is 11.1. The molecule has 0 saturated carbocycles. The third-order valence-electron chi connectivity index (χ3n) is 2.63. The van der Waals surface area contributed by atoms with Crippen LogP contribution in [0.3, 0.4) is 0 Å². The zero-order valence-electron chi connectivity index (χ0n) is 10.5. The van der Waals surface area contributed by atoms with Gasteiger partial charge in [0.05, 0.1) is 10.5 Å². The van der Waals surface area contributed by atoms with Crippen molar-refractivity contribution in [1.29, 1.82) is 0 Å². The van der Waals surface area contributed by atoms with E-state index in [2.05, 4.69) is 0 Å². The minimum absolute atomic E-state index is 0.0383. The molecule has 0 radical (unpaired) electrons. The molecule has 0 heterocycles. The second-order valence-corrected chi connectivity index (χ2v) is 5.78. The van der Waals surface area contributed by atoms with Gasteiger partial charge in [-0.25, -0.2) is 21.9 Å². The Morgan fingerprint density at radius 3 is 2.33 bits per heavy atom. The SMILES string of the molecule is Nc1ccccc1C(=O)NS(=O)(=O)c1ccc(F)c(F)c1. The van der Waals surface area contributed by atoms with Gasteiger partial charge >= 0.3 is 0 Å². The first kappa shape index (κ1) is 14.9. The van der Waals surface area contributed by atoms with Gasteiger partial charge in [-0.1, -0.05) is 12.1 Å². The van der Waals surface area contributed by atoms with E-state index < -0.39 is 32.5 Å². The molecular formula is C13H10F2N2O3S. The molecule has 21 heavy (non-hydrogen) atoms. The summed E-state index contributed by atoms with van der Waals surface area (Å²) in [4.78, 5) is 11.3. The number of hydrogen-bond donors (Lipinski definition) is 2. The maximum atomic E-state index is 13.1. The number of carbonyl (C=O) groups is 1. The highest BCUT2D eigenvalue weighted by atomic mass is 32.2. The van der Waals surface area contributed by atoms with Crippen LogP contribution in [0.25, 0.3) is 0 Å². The Balaban J connectivity index is 2.31. The number of hydrogen-bond acceptors (Lipinski definition) is 4. The Kier molecular flexibility index (Phi) is 3.90. The van der Waals surface area contributed by atoms with Gasteiger partial charge < -0.3 is 5.73 Å². The maximum Gasteiger partial charge on any atom is 0.267 e. The van der Waals surface area contributed by atoms with E-state index in [1.165, 1.54) is 18.2 Å². The van der Waals surface area contributed by atoms with Crippen molar-refractivity contribution in [2.75, 3.05) is 5.73 Å². The number of sulfonamides is 1. The highest BCUT2D eigenvalue weighted by molar-refractivity contribution is 7.90. The lowest BCUT2D eigenvalue weighted by Crippen LogP contribution is -2.31. The standard InChI is InChI=1S/C13H10F2N2O3S/c14-10-6-5-8(7-11(10)15)21(19,20)17-13(18)9-3-1-2-4-12(9)16/h1-7H,16H2,(H,17,18). The zero-order valence-corrected chi connectivity index (χ0v) is 11.3. The number of nitrogens with two attached hydrogens (primary N) is 1. The fraction of sp³-hybridized carbons (Fsp3) is 0. The summed E-state index contributed by atoms with van der Waals surface area (Å²) < 4.78 is 51.5. The Bertz CT molecular complexity index is 807. The van der Waals surface area contributed by atoms with Crippen molar-refractivity contribution in [3.05, 3.63) is 59.7 Å². The predicted molar refractivity (Wildman–Crippen MR) is 71.9 cm³/mol. The van der Waals surface area contributed by atoms with Crippen molar-refractivity contribution in [1.82, 2.24) is 4.72 Å². The molecule has 8 heteroatoms. The molecule has 2 rings (SSSR count). The molecule has 0 aliphatic heterocycles. The van der Waals surface area contributed by atoms with Gasteiger partial charge in [0, 0.05) is 5.69 Å². The number of rotatable bonds is 3. The van der Waals surface area contributed by atoms with Crippen LogP contribution in [0, 0.1) is 11.6 Å². The molecule has 0 fully saturated rings. The Morgan fingerprint density at radius 2 is 1.71 bits per heavy atom. The van der Waals surface area contributed by atoms with Gasteiger partial charge in [-0.05, 0) is 30.3 Å². The summed E-state index contributed by atoms with van der Waals surface area (Å²) in [5.74, 6) is -3.48. The molecule has 0 bridgehead atoms. The molecule has 3 N–H and O–H groups in total. The Hall–Kier alpha value is -2.48. The van der Waals surface area contributed by atoms with Gasteiger partial charge in [-0.2, -0.15) is 0 Å². The van der Waals surface area contributed by atoms with E-state index in [1.807, 2.05) is 0 Å². The fourth-order valence-corrected chi connectivity index (χ4v) is 2.56. The number of amides is 1. The van der Waals surface area contributed by atoms with Crippen molar-refractivity contribution in [2.24, 2.45) is 0 Å². The number of carbonyl (C=O) groups excluding carboxylic acids is 1. The van der Waals surface area contributed by atoms with Gasteiger partial charge in [-0.3, -0.25) is 4.79 Å². The third kappa shape index (κ3) is 3.16. The third-order valence-corrected chi connectivity index (χ3v) is 3.96. The van der Waals surface area contributed by atoms with Crippen molar-refractivity contribution < 1.29 is 22.0 Å².